The van der Waals surface area contributed by atoms with Crippen molar-refractivity contribution in [3.05, 3.63) is 29.8 Å². The molecule has 6 heteroatoms. The van der Waals surface area contributed by atoms with Gasteiger partial charge in [0.25, 0.3) is 0 Å². The Labute approximate surface area is 127 Å². The van der Waals surface area contributed by atoms with E-state index in [4.69, 9.17) is 5.73 Å². The standard InChI is InChI=1S/C15H25N3O2S/c1-13-12-18(11-10-17(13)2)21(19,20)15-7-5-14(6-8-15)4-3-9-16/h5-8,13H,3-4,9-12,16H2,1-2H3. The van der Waals surface area contributed by atoms with Gasteiger partial charge in [-0.1, -0.05) is 12.1 Å². The topological polar surface area (TPSA) is 66.6 Å². The highest BCUT2D eigenvalue weighted by molar-refractivity contribution is 7.89. The first-order valence-corrected chi connectivity index (χ1v) is 8.88. The minimum atomic E-state index is -3.37. The van der Waals surface area contributed by atoms with Crippen molar-refractivity contribution >= 4 is 10.0 Å². The van der Waals surface area contributed by atoms with Crippen molar-refractivity contribution in [3.63, 3.8) is 0 Å². The van der Waals surface area contributed by atoms with Gasteiger partial charge in [0, 0.05) is 25.7 Å². The molecule has 0 spiro atoms. The molecule has 1 aliphatic heterocycles. The van der Waals surface area contributed by atoms with Crippen LogP contribution in [0.4, 0.5) is 0 Å². The SMILES string of the molecule is CC1CN(S(=O)(=O)c2ccc(CCCN)cc2)CCN1C. The van der Waals surface area contributed by atoms with E-state index in [1.54, 1.807) is 16.4 Å². The van der Waals surface area contributed by atoms with Gasteiger partial charge in [0.05, 0.1) is 4.90 Å². The summed E-state index contributed by atoms with van der Waals surface area (Å²) in [5, 5.41) is 0. The summed E-state index contributed by atoms with van der Waals surface area (Å²) < 4.78 is 26.9. The highest BCUT2D eigenvalue weighted by Crippen LogP contribution is 2.20. The molecule has 1 atom stereocenters. The molecule has 2 N–H and O–H groups in total. The second kappa shape index (κ2) is 6.87. The molecule has 2 rings (SSSR count). The first-order valence-electron chi connectivity index (χ1n) is 7.44. The molecule has 1 heterocycles. The minimum absolute atomic E-state index is 0.248. The monoisotopic (exact) mass is 311 g/mol. The second-order valence-electron chi connectivity index (χ2n) is 5.73. The number of benzene rings is 1. The lowest BCUT2D eigenvalue weighted by molar-refractivity contribution is 0.159. The fraction of sp³-hybridized carbons (Fsp3) is 0.600. The van der Waals surface area contributed by atoms with Gasteiger partial charge >= 0.3 is 0 Å². The van der Waals surface area contributed by atoms with E-state index in [-0.39, 0.29) is 6.04 Å². The Kier molecular flexibility index (Phi) is 5.37. The molecule has 0 saturated carbocycles. The maximum atomic E-state index is 12.7. The average Bonchev–Trinajstić information content (AvgIpc) is 2.48. The summed E-state index contributed by atoms with van der Waals surface area (Å²) >= 11 is 0. The number of hydrogen-bond donors (Lipinski definition) is 1. The van der Waals surface area contributed by atoms with Crippen LogP contribution in [0.1, 0.15) is 18.9 Å². The van der Waals surface area contributed by atoms with Gasteiger partial charge in [0.15, 0.2) is 0 Å². The Morgan fingerprint density at radius 1 is 1.24 bits per heavy atom. The third-order valence-corrected chi connectivity index (χ3v) is 6.03. The summed E-state index contributed by atoms with van der Waals surface area (Å²) in [7, 11) is -1.35. The van der Waals surface area contributed by atoms with Crippen LogP contribution < -0.4 is 5.73 Å². The molecule has 0 aliphatic carbocycles. The highest BCUT2D eigenvalue weighted by Gasteiger charge is 2.30. The third kappa shape index (κ3) is 3.83. The van der Waals surface area contributed by atoms with Crippen LogP contribution in [-0.4, -0.2) is 56.9 Å². The van der Waals surface area contributed by atoms with Crippen LogP contribution in [0, 0.1) is 0 Å². The molecule has 5 nitrogen and oxygen atoms in total. The maximum absolute atomic E-state index is 12.7. The summed E-state index contributed by atoms with van der Waals surface area (Å²) in [5.41, 5.74) is 6.62. The predicted molar refractivity (Wildman–Crippen MR) is 84.7 cm³/mol. The largest absolute Gasteiger partial charge is 0.330 e. The van der Waals surface area contributed by atoms with Gasteiger partial charge in [0.2, 0.25) is 10.0 Å². The Hall–Kier alpha value is -0.950. The summed E-state index contributed by atoms with van der Waals surface area (Å²) in [6, 6.07) is 7.45. The minimum Gasteiger partial charge on any atom is -0.330 e. The van der Waals surface area contributed by atoms with Gasteiger partial charge in [-0.2, -0.15) is 4.31 Å². The molecule has 0 radical (unpaired) electrons. The summed E-state index contributed by atoms with van der Waals surface area (Å²) in [6.07, 6.45) is 1.81. The molecule has 1 aromatic rings. The van der Waals surface area contributed by atoms with Gasteiger partial charge in [0.1, 0.15) is 0 Å². The normalized spacial score (nSPS) is 21.6. The van der Waals surface area contributed by atoms with Crippen LogP contribution >= 0.6 is 0 Å². The van der Waals surface area contributed by atoms with Crippen LogP contribution in [0.25, 0.3) is 0 Å². The van der Waals surface area contributed by atoms with Crippen molar-refractivity contribution in [3.8, 4) is 0 Å². The molecule has 1 saturated heterocycles. The summed E-state index contributed by atoms with van der Waals surface area (Å²) in [6.45, 7) is 4.58. The molecule has 1 unspecified atom stereocenters. The lowest BCUT2D eigenvalue weighted by atomic mass is 10.1. The molecule has 0 aromatic heterocycles. The molecule has 0 amide bonds. The Morgan fingerprint density at radius 2 is 1.90 bits per heavy atom. The van der Waals surface area contributed by atoms with E-state index in [2.05, 4.69) is 11.8 Å². The fourth-order valence-electron chi connectivity index (χ4n) is 2.52. The molecule has 118 valence electrons. The number of aryl methyl sites for hydroxylation is 1. The van der Waals surface area contributed by atoms with Crippen LogP contribution in [-0.2, 0) is 16.4 Å². The van der Waals surface area contributed by atoms with Crippen LogP contribution in [0.15, 0.2) is 29.2 Å². The predicted octanol–water partition coefficient (Wildman–Crippen LogP) is 0.903. The molecule has 21 heavy (non-hydrogen) atoms. The summed E-state index contributed by atoms with van der Waals surface area (Å²) in [4.78, 5) is 2.57. The van der Waals surface area contributed by atoms with E-state index in [0.717, 1.165) is 24.9 Å². The zero-order valence-electron chi connectivity index (χ0n) is 12.8. The molecule has 1 fully saturated rings. The zero-order valence-corrected chi connectivity index (χ0v) is 13.6. The van der Waals surface area contributed by atoms with Gasteiger partial charge in [-0.05, 0) is 51.1 Å². The van der Waals surface area contributed by atoms with Gasteiger partial charge in [-0.15, -0.1) is 0 Å². The Morgan fingerprint density at radius 3 is 2.48 bits per heavy atom. The highest BCUT2D eigenvalue weighted by atomic mass is 32.2. The van der Waals surface area contributed by atoms with E-state index in [0.29, 0.717) is 24.5 Å². The number of rotatable bonds is 5. The van der Waals surface area contributed by atoms with Gasteiger partial charge in [-0.25, -0.2) is 8.42 Å². The van der Waals surface area contributed by atoms with Crippen LogP contribution in [0.3, 0.4) is 0 Å². The van der Waals surface area contributed by atoms with Crippen molar-refractivity contribution in [2.75, 3.05) is 33.2 Å². The number of nitrogens with two attached hydrogens (primary N) is 1. The lowest BCUT2D eigenvalue weighted by Gasteiger charge is -2.36. The molecular formula is C15H25N3O2S. The van der Waals surface area contributed by atoms with Crippen LogP contribution in [0.2, 0.25) is 0 Å². The van der Waals surface area contributed by atoms with Crippen molar-refractivity contribution in [1.82, 2.24) is 9.21 Å². The third-order valence-electron chi connectivity index (χ3n) is 4.15. The van der Waals surface area contributed by atoms with Gasteiger partial charge < -0.3 is 10.6 Å². The quantitative estimate of drug-likeness (QED) is 0.877. The number of sulfonamides is 1. The lowest BCUT2D eigenvalue weighted by Crippen LogP contribution is -2.51. The van der Waals surface area contributed by atoms with Crippen molar-refractivity contribution < 1.29 is 8.42 Å². The average molecular weight is 311 g/mol. The van der Waals surface area contributed by atoms with E-state index < -0.39 is 10.0 Å². The first kappa shape index (κ1) is 16.4. The van der Waals surface area contributed by atoms with Crippen molar-refractivity contribution in [2.45, 2.75) is 30.7 Å². The van der Waals surface area contributed by atoms with E-state index in [1.165, 1.54) is 0 Å². The van der Waals surface area contributed by atoms with E-state index in [1.807, 2.05) is 19.2 Å². The second-order valence-corrected chi connectivity index (χ2v) is 7.67. The maximum Gasteiger partial charge on any atom is 0.243 e. The van der Waals surface area contributed by atoms with Gasteiger partial charge in [-0.3, -0.25) is 0 Å². The fourth-order valence-corrected chi connectivity index (χ4v) is 4.03. The van der Waals surface area contributed by atoms with E-state index in [9.17, 15) is 8.42 Å². The molecule has 1 aromatic carbocycles. The molecule has 1 aliphatic rings. The van der Waals surface area contributed by atoms with Crippen LogP contribution in [0.5, 0.6) is 0 Å². The van der Waals surface area contributed by atoms with Crippen molar-refractivity contribution in [2.24, 2.45) is 5.73 Å². The Balaban J connectivity index is 2.12. The molecule has 0 bridgehead atoms. The smallest absolute Gasteiger partial charge is 0.243 e. The summed E-state index contributed by atoms with van der Waals surface area (Å²) in [5.74, 6) is 0. The number of nitrogens with zero attached hydrogens (tertiary/aromatic N) is 2. The number of hydrogen-bond acceptors (Lipinski definition) is 4. The zero-order chi connectivity index (χ0) is 15.5. The number of piperazine rings is 1. The van der Waals surface area contributed by atoms with Crippen molar-refractivity contribution in [1.29, 1.82) is 0 Å². The number of likely N-dealkylation sites (N-methyl/N-ethyl adjacent to an activating group) is 1. The Bertz CT molecular complexity index is 557. The first-order chi connectivity index (χ1) is 9.95. The molecular weight excluding hydrogens is 286 g/mol. The van der Waals surface area contributed by atoms with E-state index >= 15 is 0 Å².